The molecule has 2 N–H and O–H groups in total. The second kappa shape index (κ2) is 3.62. The number of fused-ring (bicyclic) bond motifs is 1. The smallest absolute Gasteiger partial charge is 0.382 e. The molecule has 0 bridgehead atoms. The number of benzene rings is 1. The lowest BCUT2D eigenvalue weighted by molar-refractivity contribution is -0.130. The van der Waals surface area contributed by atoms with Crippen LogP contribution >= 0.6 is 0 Å². The molecule has 2 rings (SSSR count). The van der Waals surface area contributed by atoms with Crippen molar-refractivity contribution in [1.29, 1.82) is 0 Å². The Hall–Kier alpha value is -2.26. The minimum absolute atomic E-state index is 0.357. The largest absolute Gasteiger partial charge is 0.472 e. The van der Waals surface area contributed by atoms with Crippen LogP contribution in [0.25, 0.3) is 0 Å². The normalized spacial score (nSPS) is 24.1. The van der Waals surface area contributed by atoms with Crippen LogP contribution in [-0.2, 0) is 10.4 Å². The third-order valence-electron chi connectivity index (χ3n) is 2.65. The van der Waals surface area contributed by atoms with Gasteiger partial charge in [0.1, 0.15) is 0 Å². The zero-order chi connectivity index (χ0) is 13.6. The van der Waals surface area contributed by atoms with E-state index in [4.69, 9.17) is 5.11 Å². The third-order valence-corrected chi connectivity index (χ3v) is 2.65. The van der Waals surface area contributed by atoms with Crippen LogP contribution in [0.4, 0.5) is 8.78 Å². The molecule has 1 aromatic carbocycles. The molecule has 1 unspecified atom stereocenters. The summed E-state index contributed by atoms with van der Waals surface area (Å²) in [5, 5.41) is 18.2. The number of halogens is 2. The summed E-state index contributed by atoms with van der Waals surface area (Å²) in [7, 11) is 0. The van der Waals surface area contributed by atoms with E-state index >= 15 is 0 Å². The fourth-order valence-electron chi connectivity index (χ4n) is 1.79. The summed E-state index contributed by atoms with van der Waals surface area (Å²) in [4.78, 5) is 21.7. The van der Waals surface area contributed by atoms with Gasteiger partial charge in [0.2, 0.25) is 11.4 Å². The molecule has 1 aromatic rings. The molecule has 0 amide bonds. The van der Waals surface area contributed by atoms with Crippen LogP contribution in [0.15, 0.2) is 24.3 Å². The van der Waals surface area contributed by atoms with E-state index in [9.17, 15) is 23.5 Å². The highest BCUT2D eigenvalue weighted by Crippen LogP contribution is 2.47. The van der Waals surface area contributed by atoms with Gasteiger partial charge in [-0.15, -0.1) is 0 Å². The molecule has 0 spiro atoms. The molecule has 0 heterocycles. The van der Waals surface area contributed by atoms with E-state index in [0.29, 0.717) is 0 Å². The first kappa shape index (κ1) is 12.2. The van der Waals surface area contributed by atoms with E-state index in [2.05, 4.69) is 0 Å². The molecule has 92 valence electrons. The number of carbonyl (C=O) groups excluding carboxylic acids is 1. The topological polar surface area (TPSA) is 74.6 Å². The van der Waals surface area contributed by atoms with Gasteiger partial charge < -0.3 is 10.2 Å². The van der Waals surface area contributed by atoms with Crippen LogP contribution in [0.1, 0.15) is 15.9 Å². The molecule has 4 nitrogen and oxygen atoms in total. The highest BCUT2D eigenvalue weighted by molar-refractivity contribution is 6.08. The summed E-state index contributed by atoms with van der Waals surface area (Å²) < 4.78 is 27.5. The molecule has 0 aliphatic heterocycles. The van der Waals surface area contributed by atoms with Crippen LogP contribution in [0.3, 0.4) is 0 Å². The lowest BCUT2D eigenvalue weighted by atomic mass is 9.94. The maximum absolute atomic E-state index is 13.7. The third kappa shape index (κ3) is 1.41. The number of rotatable bonds is 0. The van der Waals surface area contributed by atoms with Crippen LogP contribution in [0, 0.1) is 11.8 Å². The first-order chi connectivity index (χ1) is 8.30. The standard InChI is InChI=1S/C12H6F2O4/c13-12(14)10(17)7-3-1-2-4-8(7)11(12,18)6-5-9(15)16/h1-4,18H,(H,15,16). The molecule has 0 radical (unpaired) electrons. The number of hydrogen-bond donors (Lipinski definition) is 2. The van der Waals surface area contributed by atoms with E-state index in [1.54, 1.807) is 5.92 Å². The summed E-state index contributed by atoms with van der Waals surface area (Å²) in [6, 6.07) is 4.96. The molecule has 0 saturated carbocycles. The zero-order valence-corrected chi connectivity index (χ0v) is 8.78. The Morgan fingerprint density at radius 1 is 1.28 bits per heavy atom. The van der Waals surface area contributed by atoms with Crippen molar-refractivity contribution >= 4 is 11.8 Å². The number of carbonyl (C=O) groups is 2. The van der Waals surface area contributed by atoms with Crippen LogP contribution in [0.2, 0.25) is 0 Å². The highest BCUT2D eigenvalue weighted by Gasteiger charge is 2.65. The average Bonchev–Trinajstić information content (AvgIpc) is 2.48. The number of aliphatic hydroxyl groups is 1. The van der Waals surface area contributed by atoms with Gasteiger partial charge in [-0.1, -0.05) is 24.3 Å². The predicted octanol–water partition coefficient (Wildman–Crippen LogP) is 0.794. The van der Waals surface area contributed by atoms with Crippen LogP contribution < -0.4 is 0 Å². The number of carboxylic acid groups (broad SMARTS) is 1. The van der Waals surface area contributed by atoms with Crippen molar-refractivity contribution in [3.8, 4) is 11.8 Å². The molecular formula is C12H6F2O4. The number of carboxylic acids is 1. The van der Waals surface area contributed by atoms with Gasteiger partial charge in [0.15, 0.2) is 0 Å². The van der Waals surface area contributed by atoms with Crippen LogP contribution in [-0.4, -0.2) is 27.9 Å². The van der Waals surface area contributed by atoms with Crippen molar-refractivity contribution in [2.45, 2.75) is 11.5 Å². The van der Waals surface area contributed by atoms with E-state index in [0.717, 1.165) is 12.1 Å². The summed E-state index contributed by atoms with van der Waals surface area (Å²) in [6.45, 7) is 0. The fraction of sp³-hybridized carbons (Fsp3) is 0.167. The van der Waals surface area contributed by atoms with Gasteiger partial charge in [-0.25, -0.2) is 4.79 Å². The van der Waals surface area contributed by atoms with Gasteiger partial charge in [-0.05, 0) is 5.92 Å². The summed E-state index contributed by atoms with van der Waals surface area (Å²) >= 11 is 0. The molecule has 0 fully saturated rings. The maximum Gasteiger partial charge on any atom is 0.382 e. The van der Waals surface area contributed by atoms with Gasteiger partial charge in [-0.2, -0.15) is 8.78 Å². The minimum atomic E-state index is -4.17. The highest BCUT2D eigenvalue weighted by atomic mass is 19.3. The van der Waals surface area contributed by atoms with Crippen molar-refractivity contribution in [2.75, 3.05) is 0 Å². The van der Waals surface area contributed by atoms with E-state index < -0.39 is 23.3 Å². The molecule has 6 heteroatoms. The molecule has 1 atom stereocenters. The Balaban J connectivity index is 2.71. The molecule has 18 heavy (non-hydrogen) atoms. The Labute approximate surface area is 99.9 Å². The van der Waals surface area contributed by atoms with Crippen molar-refractivity contribution < 1.29 is 28.6 Å². The van der Waals surface area contributed by atoms with Gasteiger partial charge >= 0.3 is 11.9 Å². The van der Waals surface area contributed by atoms with Crippen molar-refractivity contribution in [1.82, 2.24) is 0 Å². The SMILES string of the molecule is O=C(O)C#CC1(O)c2ccccc2C(=O)C1(F)F. The van der Waals surface area contributed by atoms with Gasteiger partial charge in [-0.3, -0.25) is 4.79 Å². The van der Waals surface area contributed by atoms with Gasteiger partial charge in [0.05, 0.1) is 0 Å². The quantitative estimate of drug-likeness (QED) is 0.669. The lowest BCUT2D eigenvalue weighted by Crippen LogP contribution is -2.44. The predicted molar refractivity (Wildman–Crippen MR) is 55.0 cm³/mol. The van der Waals surface area contributed by atoms with Crippen molar-refractivity contribution in [2.24, 2.45) is 0 Å². The van der Waals surface area contributed by atoms with Gasteiger partial charge in [0, 0.05) is 17.0 Å². The Morgan fingerprint density at radius 3 is 2.50 bits per heavy atom. The van der Waals surface area contributed by atoms with Crippen LogP contribution in [0.5, 0.6) is 0 Å². The minimum Gasteiger partial charge on any atom is -0.472 e. The molecule has 0 saturated heterocycles. The number of Topliss-reactive ketones (excluding diaryl/α,β-unsaturated/α-hetero) is 1. The first-order valence-corrected chi connectivity index (χ1v) is 4.81. The number of alkyl halides is 2. The molecule has 1 aliphatic carbocycles. The van der Waals surface area contributed by atoms with E-state index in [1.807, 2.05) is 0 Å². The Bertz CT molecular complexity index is 612. The average molecular weight is 252 g/mol. The van der Waals surface area contributed by atoms with Crippen molar-refractivity contribution in [3.63, 3.8) is 0 Å². The number of hydrogen-bond acceptors (Lipinski definition) is 3. The fourth-order valence-corrected chi connectivity index (χ4v) is 1.79. The van der Waals surface area contributed by atoms with E-state index in [-0.39, 0.29) is 11.1 Å². The Kier molecular flexibility index (Phi) is 2.45. The number of aliphatic carboxylic acids is 1. The summed E-state index contributed by atoms with van der Waals surface area (Å²) in [5.74, 6) is -4.41. The summed E-state index contributed by atoms with van der Waals surface area (Å²) in [6.07, 6.45) is 0. The monoisotopic (exact) mass is 252 g/mol. The summed E-state index contributed by atoms with van der Waals surface area (Å²) in [5.41, 5.74) is -3.84. The second-order valence-electron chi connectivity index (χ2n) is 3.71. The first-order valence-electron chi connectivity index (χ1n) is 4.81. The Morgan fingerprint density at radius 2 is 1.89 bits per heavy atom. The van der Waals surface area contributed by atoms with Crippen molar-refractivity contribution in [3.05, 3.63) is 35.4 Å². The lowest BCUT2D eigenvalue weighted by Gasteiger charge is -2.23. The zero-order valence-electron chi connectivity index (χ0n) is 8.78. The maximum atomic E-state index is 13.7. The van der Waals surface area contributed by atoms with Gasteiger partial charge in [0.25, 0.3) is 0 Å². The molecule has 0 aromatic heterocycles. The molecule has 1 aliphatic rings. The van der Waals surface area contributed by atoms with E-state index in [1.165, 1.54) is 18.1 Å². The number of ketones is 1. The second-order valence-corrected chi connectivity index (χ2v) is 3.71. The molecular weight excluding hydrogens is 246 g/mol.